The monoisotopic (exact) mass is 805 g/mol. The van der Waals surface area contributed by atoms with Crippen LogP contribution in [0.4, 0.5) is 5.69 Å². The number of imide groups is 1. The summed E-state index contributed by atoms with van der Waals surface area (Å²) in [6, 6.07) is 27.9. The molecular formula is C41H33BINO8. The van der Waals surface area contributed by atoms with Crippen molar-refractivity contribution in [3.05, 3.63) is 135 Å². The van der Waals surface area contributed by atoms with Crippen molar-refractivity contribution in [1.82, 2.24) is 0 Å². The number of Topliss-reactive ketones (excluding diaryl/α,β-unsaturated/α-hetero) is 1. The van der Waals surface area contributed by atoms with E-state index in [0.29, 0.717) is 25.8 Å². The maximum Gasteiger partial charge on any atom is 0.488 e. The zero-order valence-electron chi connectivity index (χ0n) is 28.0. The predicted molar refractivity (Wildman–Crippen MR) is 203 cm³/mol. The van der Waals surface area contributed by atoms with Crippen molar-refractivity contribution in [3.63, 3.8) is 0 Å². The van der Waals surface area contributed by atoms with Crippen molar-refractivity contribution in [1.29, 1.82) is 0 Å². The molecule has 3 aliphatic carbocycles. The van der Waals surface area contributed by atoms with Gasteiger partial charge in [0.05, 0.1) is 33.6 Å². The van der Waals surface area contributed by atoms with Gasteiger partial charge in [-0.15, -0.1) is 0 Å². The van der Waals surface area contributed by atoms with Gasteiger partial charge in [-0.3, -0.25) is 24.1 Å². The fraction of sp³-hybridized carbons (Fsp3) is 0.220. The van der Waals surface area contributed by atoms with Gasteiger partial charge in [-0.05, 0) is 93.8 Å². The van der Waals surface area contributed by atoms with Crippen LogP contribution in [0.5, 0.6) is 11.5 Å². The number of methoxy groups -OCH3 is 1. The first kappa shape index (κ1) is 34.3. The van der Waals surface area contributed by atoms with Crippen molar-refractivity contribution < 1.29 is 39.1 Å². The molecule has 6 atom stereocenters. The van der Waals surface area contributed by atoms with Crippen LogP contribution in [0.1, 0.15) is 35.4 Å². The number of ether oxygens (including phenoxy) is 1. The van der Waals surface area contributed by atoms with Crippen molar-refractivity contribution in [2.24, 2.45) is 23.7 Å². The van der Waals surface area contributed by atoms with Gasteiger partial charge in [0.15, 0.2) is 23.1 Å². The van der Waals surface area contributed by atoms with Gasteiger partial charge < -0.3 is 19.9 Å². The molecule has 1 heterocycles. The molecular weight excluding hydrogens is 772 g/mol. The molecule has 2 amide bonds. The number of benzene rings is 4. The number of carbonyl (C=O) groups is 4. The van der Waals surface area contributed by atoms with E-state index >= 15 is 9.59 Å². The third-order valence-electron chi connectivity index (χ3n) is 11.4. The van der Waals surface area contributed by atoms with Gasteiger partial charge in [0.1, 0.15) is 0 Å². The fourth-order valence-electron chi connectivity index (χ4n) is 9.24. The Bertz CT molecular complexity index is 2220. The standard InChI is InChI=1S/C41H33BINO8/c1-52-33-18-23(17-32(43)38(33)47)36-27-15-16-28-35(40(49)44(39(28)48)26-14-8-13-25(19-26)42(50)51)30(27)20-31-37(46)29(22-9-4-2-5-10-22)21-34(45)41(31,36)24-11-6-3-7-12-24/h2-15,17-19,21,28,30-31,35-36,47,50-51H,16,20H2,1H3. The first-order valence-corrected chi connectivity index (χ1v) is 18.2. The summed E-state index contributed by atoms with van der Waals surface area (Å²) in [4.78, 5) is 60.1. The number of aromatic hydroxyl groups is 1. The zero-order chi connectivity index (χ0) is 36.5. The molecule has 4 aliphatic rings. The lowest BCUT2D eigenvalue weighted by Gasteiger charge is -2.55. The number of allylic oxidation sites excluding steroid dienone is 4. The molecule has 4 aromatic carbocycles. The number of halogens is 1. The Morgan fingerprint density at radius 2 is 1.58 bits per heavy atom. The Hall–Kier alpha value is -4.85. The molecule has 0 aromatic heterocycles. The first-order chi connectivity index (χ1) is 25.1. The molecule has 260 valence electrons. The van der Waals surface area contributed by atoms with Crippen LogP contribution in [0.25, 0.3) is 5.57 Å². The topological polar surface area (TPSA) is 141 Å². The lowest BCUT2D eigenvalue weighted by Crippen LogP contribution is -2.58. The average Bonchev–Trinajstić information content (AvgIpc) is 3.42. The molecule has 8 rings (SSSR count). The quantitative estimate of drug-likeness (QED) is 0.110. The Kier molecular flexibility index (Phi) is 8.55. The minimum atomic E-state index is -1.79. The van der Waals surface area contributed by atoms with E-state index in [4.69, 9.17) is 4.74 Å². The SMILES string of the molecule is COc1cc(C2C3=CCC4C(=O)N(c5cccc(B(O)O)c5)C(=O)C4C3CC3C(=O)C(c4ccccc4)=CC(=O)C32c2ccccc2)cc(I)c1O. The van der Waals surface area contributed by atoms with Crippen LogP contribution in [0.3, 0.4) is 0 Å². The summed E-state index contributed by atoms with van der Waals surface area (Å²) in [6.07, 6.45) is 3.81. The van der Waals surface area contributed by atoms with Crippen LogP contribution in [0.2, 0.25) is 0 Å². The molecule has 3 N–H and O–H groups in total. The number of phenols is 1. The Balaban J connectivity index is 1.36. The van der Waals surface area contributed by atoms with Crippen LogP contribution in [0, 0.1) is 27.2 Å². The highest BCUT2D eigenvalue weighted by molar-refractivity contribution is 14.1. The summed E-state index contributed by atoms with van der Waals surface area (Å²) in [5.74, 6) is -4.99. The number of ketones is 2. The fourth-order valence-corrected chi connectivity index (χ4v) is 9.87. The van der Waals surface area contributed by atoms with Crippen molar-refractivity contribution >= 4 is 69.8 Å². The predicted octanol–water partition coefficient (Wildman–Crippen LogP) is 4.71. The largest absolute Gasteiger partial charge is 0.504 e. The van der Waals surface area contributed by atoms with E-state index in [-0.39, 0.29) is 47.1 Å². The zero-order valence-corrected chi connectivity index (χ0v) is 30.1. The van der Waals surface area contributed by atoms with Gasteiger partial charge in [0, 0.05) is 17.4 Å². The van der Waals surface area contributed by atoms with E-state index in [2.05, 4.69) is 0 Å². The van der Waals surface area contributed by atoms with E-state index in [1.54, 1.807) is 36.4 Å². The number of amides is 2. The van der Waals surface area contributed by atoms with Gasteiger partial charge in [0.25, 0.3) is 0 Å². The van der Waals surface area contributed by atoms with Gasteiger partial charge >= 0.3 is 7.12 Å². The van der Waals surface area contributed by atoms with Crippen molar-refractivity contribution in [2.75, 3.05) is 12.0 Å². The summed E-state index contributed by atoms with van der Waals surface area (Å²) in [6.45, 7) is 0. The number of fused-ring (bicyclic) bond motifs is 4. The summed E-state index contributed by atoms with van der Waals surface area (Å²) < 4.78 is 6.09. The number of nitrogens with zero attached hydrogens (tertiary/aromatic N) is 1. The third-order valence-corrected chi connectivity index (χ3v) is 12.2. The van der Waals surface area contributed by atoms with Gasteiger partial charge in [-0.1, -0.05) is 84.4 Å². The van der Waals surface area contributed by atoms with E-state index < -0.39 is 53.9 Å². The molecule has 0 radical (unpaired) electrons. The lowest BCUT2D eigenvalue weighted by atomic mass is 9.44. The Morgan fingerprint density at radius 1 is 0.865 bits per heavy atom. The first-order valence-electron chi connectivity index (χ1n) is 17.1. The number of hydrogen-bond donors (Lipinski definition) is 3. The molecule has 11 heteroatoms. The van der Waals surface area contributed by atoms with E-state index in [9.17, 15) is 24.7 Å². The normalized spacial score (nSPS) is 26.6. The van der Waals surface area contributed by atoms with Crippen molar-refractivity contribution in [3.8, 4) is 11.5 Å². The molecule has 0 spiro atoms. The third kappa shape index (κ3) is 5.04. The Morgan fingerprint density at radius 3 is 2.27 bits per heavy atom. The molecule has 1 saturated heterocycles. The minimum absolute atomic E-state index is 0.0537. The molecule has 52 heavy (non-hydrogen) atoms. The molecule has 1 aliphatic heterocycles. The summed E-state index contributed by atoms with van der Waals surface area (Å²) in [5.41, 5.74) is 1.94. The maximum absolute atomic E-state index is 15.2. The highest BCUT2D eigenvalue weighted by Gasteiger charge is 2.66. The van der Waals surface area contributed by atoms with E-state index in [1.807, 2.05) is 77.2 Å². The summed E-state index contributed by atoms with van der Waals surface area (Å²) >= 11 is 2.02. The number of anilines is 1. The summed E-state index contributed by atoms with van der Waals surface area (Å²) in [7, 11) is -0.342. The van der Waals surface area contributed by atoms with Crippen LogP contribution in [-0.4, -0.2) is 52.8 Å². The highest BCUT2D eigenvalue weighted by atomic mass is 127. The molecule has 2 fully saturated rings. The van der Waals surface area contributed by atoms with Crippen molar-refractivity contribution in [2.45, 2.75) is 24.2 Å². The van der Waals surface area contributed by atoms with Gasteiger partial charge in [-0.25, -0.2) is 0 Å². The molecule has 6 unspecified atom stereocenters. The van der Waals surface area contributed by atoms with E-state index in [1.165, 1.54) is 25.3 Å². The van der Waals surface area contributed by atoms with E-state index in [0.717, 1.165) is 10.5 Å². The Labute approximate surface area is 313 Å². The average molecular weight is 805 g/mol. The second-order valence-corrected chi connectivity index (χ2v) is 15.0. The highest BCUT2D eigenvalue weighted by Crippen LogP contribution is 2.64. The minimum Gasteiger partial charge on any atom is -0.504 e. The summed E-state index contributed by atoms with van der Waals surface area (Å²) in [5, 5.41) is 30.6. The molecule has 9 nitrogen and oxygen atoms in total. The molecule has 4 aromatic rings. The maximum atomic E-state index is 15.2. The van der Waals surface area contributed by atoms with Crippen LogP contribution in [-0.2, 0) is 24.6 Å². The van der Waals surface area contributed by atoms with Gasteiger partial charge in [0.2, 0.25) is 11.8 Å². The lowest BCUT2D eigenvalue weighted by molar-refractivity contribution is -0.135. The van der Waals surface area contributed by atoms with Crippen LogP contribution in [0.15, 0.2) is 115 Å². The van der Waals surface area contributed by atoms with Gasteiger partial charge in [-0.2, -0.15) is 0 Å². The number of phenolic OH excluding ortho intramolecular Hbond substituents is 1. The molecule has 1 saturated carbocycles. The number of rotatable bonds is 6. The van der Waals surface area contributed by atoms with Crippen LogP contribution < -0.4 is 15.1 Å². The number of hydrogen-bond acceptors (Lipinski definition) is 8. The number of carbonyl (C=O) groups excluding carboxylic acids is 4. The smallest absolute Gasteiger partial charge is 0.488 e. The second-order valence-electron chi connectivity index (χ2n) is 13.8. The second kappa shape index (κ2) is 13.0. The molecule has 0 bridgehead atoms. The van der Waals surface area contributed by atoms with Crippen LogP contribution >= 0.6 is 22.6 Å².